The highest BCUT2D eigenvalue weighted by Gasteiger charge is 2.31. The Labute approximate surface area is 133 Å². The van der Waals surface area contributed by atoms with E-state index in [-0.39, 0.29) is 24.8 Å². The van der Waals surface area contributed by atoms with Gasteiger partial charge in [-0.25, -0.2) is 0 Å². The van der Waals surface area contributed by atoms with E-state index in [0.29, 0.717) is 12.0 Å². The van der Waals surface area contributed by atoms with Crippen LogP contribution >= 0.6 is 24.8 Å². The standard InChI is InChI=1S/C14H22N2O2.2ClH/c1-8-17-9-2-12(1)14(13-3-10-18-11-13)16-6-4-15-5-7-16;;/h3,10-12,14-15H,1-2,4-9H2;2*1H/t14-;;/m0../s1. The van der Waals surface area contributed by atoms with Crippen molar-refractivity contribution in [3.05, 3.63) is 24.2 Å². The molecule has 0 saturated carbocycles. The fraction of sp³-hybridized carbons (Fsp3) is 0.714. The Morgan fingerprint density at radius 3 is 2.45 bits per heavy atom. The smallest absolute Gasteiger partial charge is 0.0950 e. The fourth-order valence-electron chi connectivity index (χ4n) is 3.22. The number of ether oxygens (including phenoxy) is 1. The number of piperazine rings is 1. The van der Waals surface area contributed by atoms with Crippen molar-refractivity contribution >= 4 is 24.8 Å². The molecule has 0 bridgehead atoms. The molecule has 1 aromatic rings. The minimum absolute atomic E-state index is 0. The molecule has 116 valence electrons. The van der Waals surface area contributed by atoms with Crippen LogP contribution in [-0.4, -0.2) is 44.3 Å². The molecule has 1 aromatic heterocycles. The average molecular weight is 323 g/mol. The molecule has 6 heteroatoms. The second-order valence-electron chi connectivity index (χ2n) is 5.24. The van der Waals surface area contributed by atoms with Crippen molar-refractivity contribution in [2.24, 2.45) is 5.92 Å². The van der Waals surface area contributed by atoms with Gasteiger partial charge in [-0.15, -0.1) is 24.8 Å². The first-order valence-corrected chi connectivity index (χ1v) is 7.00. The summed E-state index contributed by atoms with van der Waals surface area (Å²) >= 11 is 0. The van der Waals surface area contributed by atoms with Crippen LogP contribution < -0.4 is 5.32 Å². The molecule has 2 aliphatic heterocycles. The molecule has 3 rings (SSSR count). The van der Waals surface area contributed by atoms with Gasteiger partial charge in [-0.1, -0.05) is 0 Å². The van der Waals surface area contributed by atoms with Crippen molar-refractivity contribution in [3.63, 3.8) is 0 Å². The zero-order valence-electron chi connectivity index (χ0n) is 11.6. The molecule has 4 nitrogen and oxygen atoms in total. The van der Waals surface area contributed by atoms with E-state index >= 15 is 0 Å². The van der Waals surface area contributed by atoms with E-state index in [1.165, 1.54) is 18.4 Å². The van der Waals surface area contributed by atoms with Crippen LogP contribution in [0.5, 0.6) is 0 Å². The lowest BCUT2D eigenvalue weighted by molar-refractivity contribution is 0.0211. The predicted octanol–water partition coefficient (Wildman–Crippen LogP) is 2.50. The third kappa shape index (κ3) is 4.12. The van der Waals surface area contributed by atoms with Gasteiger partial charge in [0, 0.05) is 51.0 Å². The van der Waals surface area contributed by atoms with Gasteiger partial charge < -0.3 is 14.5 Å². The number of nitrogens with zero attached hydrogens (tertiary/aromatic N) is 1. The first-order chi connectivity index (χ1) is 8.95. The van der Waals surface area contributed by atoms with Crippen molar-refractivity contribution in [1.82, 2.24) is 10.2 Å². The van der Waals surface area contributed by atoms with E-state index < -0.39 is 0 Å². The summed E-state index contributed by atoms with van der Waals surface area (Å²) in [5.41, 5.74) is 1.34. The molecule has 0 aromatic carbocycles. The molecule has 0 radical (unpaired) electrons. The van der Waals surface area contributed by atoms with Gasteiger partial charge in [0.2, 0.25) is 0 Å². The SMILES string of the molecule is Cl.Cl.c1cc([C@H](C2CCOCC2)N2CCNCC2)co1. The van der Waals surface area contributed by atoms with Crippen molar-refractivity contribution < 1.29 is 9.15 Å². The third-order valence-electron chi connectivity index (χ3n) is 4.14. The second kappa shape index (κ2) is 8.90. The van der Waals surface area contributed by atoms with Crippen LogP contribution in [0.2, 0.25) is 0 Å². The van der Waals surface area contributed by atoms with E-state index in [1.54, 1.807) is 6.26 Å². The lowest BCUT2D eigenvalue weighted by atomic mass is 9.86. The molecule has 2 fully saturated rings. The summed E-state index contributed by atoms with van der Waals surface area (Å²) < 4.78 is 10.8. The lowest BCUT2D eigenvalue weighted by Crippen LogP contribution is -2.47. The number of halogens is 2. The lowest BCUT2D eigenvalue weighted by Gasteiger charge is -2.40. The van der Waals surface area contributed by atoms with Crippen LogP contribution in [0.3, 0.4) is 0 Å². The van der Waals surface area contributed by atoms with Gasteiger partial charge in [-0.2, -0.15) is 0 Å². The van der Waals surface area contributed by atoms with Crippen LogP contribution in [0.4, 0.5) is 0 Å². The van der Waals surface area contributed by atoms with E-state index in [0.717, 1.165) is 39.4 Å². The normalized spacial score (nSPS) is 22.6. The number of hydrogen-bond acceptors (Lipinski definition) is 4. The summed E-state index contributed by atoms with van der Waals surface area (Å²) in [6.45, 7) is 6.27. The largest absolute Gasteiger partial charge is 0.472 e. The van der Waals surface area contributed by atoms with E-state index in [1.807, 2.05) is 6.26 Å². The first kappa shape index (κ1) is 17.8. The van der Waals surface area contributed by atoms with Gasteiger partial charge in [0.05, 0.1) is 12.5 Å². The minimum atomic E-state index is 0. The van der Waals surface area contributed by atoms with Crippen LogP contribution in [0.15, 0.2) is 23.0 Å². The number of hydrogen-bond donors (Lipinski definition) is 1. The summed E-state index contributed by atoms with van der Waals surface area (Å²) in [6, 6.07) is 2.64. The summed E-state index contributed by atoms with van der Waals surface area (Å²) in [5, 5.41) is 3.43. The predicted molar refractivity (Wildman–Crippen MR) is 83.9 cm³/mol. The maximum Gasteiger partial charge on any atom is 0.0950 e. The monoisotopic (exact) mass is 322 g/mol. The van der Waals surface area contributed by atoms with Crippen molar-refractivity contribution in [2.45, 2.75) is 18.9 Å². The van der Waals surface area contributed by atoms with Gasteiger partial charge in [-0.05, 0) is 24.8 Å². The Morgan fingerprint density at radius 1 is 1.15 bits per heavy atom. The highest BCUT2D eigenvalue weighted by molar-refractivity contribution is 5.85. The van der Waals surface area contributed by atoms with Crippen molar-refractivity contribution in [1.29, 1.82) is 0 Å². The fourth-order valence-corrected chi connectivity index (χ4v) is 3.22. The van der Waals surface area contributed by atoms with E-state index in [4.69, 9.17) is 9.15 Å². The van der Waals surface area contributed by atoms with Gasteiger partial charge in [0.15, 0.2) is 0 Å². The Balaban J connectivity index is 0.000001000. The van der Waals surface area contributed by atoms with E-state index in [2.05, 4.69) is 16.3 Å². The Bertz CT molecular complexity index is 332. The van der Waals surface area contributed by atoms with Crippen molar-refractivity contribution in [2.75, 3.05) is 39.4 Å². The maximum atomic E-state index is 5.50. The summed E-state index contributed by atoms with van der Waals surface area (Å²) in [7, 11) is 0. The molecule has 1 N–H and O–H groups in total. The number of furan rings is 1. The molecular weight excluding hydrogens is 299 g/mol. The Kier molecular flexibility index (Phi) is 7.92. The van der Waals surface area contributed by atoms with Crippen LogP contribution in [0.25, 0.3) is 0 Å². The molecule has 1 atom stereocenters. The van der Waals surface area contributed by atoms with Crippen LogP contribution in [-0.2, 0) is 4.74 Å². The molecule has 2 saturated heterocycles. The molecule has 0 amide bonds. The summed E-state index contributed by atoms with van der Waals surface area (Å²) in [4.78, 5) is 2.61. The maximum absolute atomic E-state index is 5.50. The Morgan fingerprint density at radius 2 is 1.85 bits per heavy atom. The molecule has 3 heterocycles. The zero-order valence-corrected chi connectivity index (χ0v) is 13.3. The molecule has 0 aliphatic carbocycles. The van der Waals surface area contributed by atoms with Crippen LogP contribution in [0, 0.1) is 5.92 Å². The number of rotatable bonds is 3. The quantitative estimate of drug-likeness (QED) is 0.927. The van der Waals surface area contributed by atoms with Gasteiger partial charge in [0.1, 0.15) is 0 Å². The zero-order chi connectivity index (χ0) is 12.2. The first-order valence-electron chi connectivity index (χ1n) is 7.00. The summed E-state index contributed by atoms with van der Waals surface area (Å²) in [6.07, 6.45) is 6.05. The molecule has 20 heavy (non-hydrogen) atoms. The average Bonchev–Trinajstić information content (AvgIpc) is 2.95. The Hall–Kier alpha value is -0.260. The summed E-state index contributed by atoms with van der Waals surface area (Å²) in [5.74, 6) is 0.703. The topological polar surface area (TPSA) is 37.6 Å². The second-order valence-corrected chi connectivity index (χ2v) is 5.24. The molecule has 2 aliphatic rings. The van der Waals surface area contributed by atoms with Crippen molar-refractivity contribution in [3.8, 4) is 0 Å². The van der Waals surface area contributed by atoms with Gasteiger partial charge in [0.25, 0.3) is 0 Å². The van der Waals surface area contributed by atoms with Crippen LogP contribution in [0.1, 0.15) is 24.4 Å². The minimum Gasteiger partial charge on any atom is -0.472 e. The van der Waals surface area contributed by atoms with Gasteiger partial charge >= 0.3 is 0 Å². The highest BCUT2D eigenvalue weighted by Crippen LogP contribution is 2.35. The number of nitrogens with one attached hydrogen (secondary N) is 1. The molecule has 0 spiro atoms. The van der Waals surface area contributed by atoms with Gasteiger partial charge in [-0.3, -0.25) is 4.90 Å². The highest BCUT2D eigenvalue weighted by atomic mass is 35.5. The molecular formula is C14H24Cl2N2O2. The third-order valence-corrected chi connectivity index (χ3v) is 4.14. The van der Waals surface area contributed by atoms with E-state index in [9.17, 15) is 0 Å². The molecule has 0 unspecified atom stereocenters.